The number of anilines is 1. The summed E-state index contributed by atoms with van der Waals surface area (Å²) in [4.78, 5) is 27.4. The van der Waals surface area contributed by atoms with E-state index < -0.39 is 18.1 Å². The SMILES string of the molecule is C=C/C(C(=O)Nc1cn(CC(=O)N2CCC(C)(O)CC2)nc1-c1cc(Cl)ccc1OC(F)F)=C(/N)NC. The molecule has 1 aliphatic rings. The smallest absolute Gasteiger partial charge is 0.387 e. The highest BCUT2D eigenvalue weighted by Gasteiger charge is 2.30. The normalized spacial score (nSPS) is 15.7. The Morgan fingerprint density at radius 2 is 2.05 bits per heavy atom. The molecule has 10 nitrogen and oxygen atoms in total. The standard InChI is InChI=1S/C24H29ClF2N6O4/c1-4-15(21(28)29-3)22(35)30-17-12-33(13-19(34)32-9-7-24(2,36)8-10-32)31-20(17)16-11-14(25)5-6-18(16)37-23(26)27/h4-6,11-12,23,29,36H,1,7-10,13,28H2,2-3H3,(H,30,35)/b21-15+. The van der Waals surface area contributed by atoms with E-state index in [1.54, 1.807) is 11.8 Å². The first-order valence-electron chi connectivity index (χ1n) is 11.4. The molecule has 1 fully saturated rings. The van der Waals surface area contributed by atoms with Crippen molar-refractivity contribution >= 4 is 29.1 Å². The molecule has 0 saturated carbocycles. The van der Waals surface area contributed by atoms with E-state index in [9.17, 15) is 23.5 Å². The zero-order valence-corrected chi connectivity index (χ0v) is 21.2. The third-order valence-electron chi connectivity index (χ3n) is 5.92. The lowest BCUT2D eigenvalue weighted by molar-refractivity contribution is -0.135. The number of carbonyl (C=O) groups excluding carboxylic acids is 2. The molecule has 200 valence electrons. The Kier molecular flexibility index (Phi) is 8.77. The lowest BCUT2D eigenvalue weighted by atomic mass is 9.94. The lowest BCUT2D eigenvalue weighted by Crippen LogP contribution is -2.46. The van der Waals surface area contributed by atoms with E-state index in [1.807, 2.05) is 0 Å². The zero-order chi connectivity index (χ0) is 27.3. The van der Waals surface area contributed by atoms with Crippen molar-refractivity contribution in [1.29, 1.82) is 0 Å². The fourth-order valence-electron chi connectivity index (χ4n) is 3.80. The number of halogens is 3. The number of nitrogens with two attached hydrogens (primary N) is 1. The second-order valence-corrected chi connectivity index (χ2v) is 9.16. The Morgan fingerprint density at radius 3 is 2.65 bits per heavy atom. The molecule has 1 saturated heterocycles. The van der Waals surface area contributed by atoms with E-state index >= 15 is 0 Å². The first-order chi connectivity index (χ1) is 17.4. The molecule has 2 heterocycles. The molecule has 3 rings (SSSR count). The minimum Gasteiger partial charge on any atom is -0.434 e. The fourth-order valence-corrected chi connectivity index (χ4v) is 3.98. The van der Waals surface area contributed by atoms with E-state index in [4.69, 9.17) is 17.3 Å². The van der Waals surface area contributed by atoms with Crippen molar-refractivity contribution in [3.8, 4) is 17.0 Å². The van der Waals surface area contributed by atoms with Gasteiger partial charge < -0.3 is 31.1 Å². The van der Waals surface area contributed by atoms with Crippen LogP contribution in [0.4, 0.5) is 14.5 Å². The third kappa shape index (κ3) is 6.98. The van der Waals surface area contributed by atoms with Crippen LogP contribution in [0.2, 0.25) is 5.02 Å². The van der Waals surface area contributed by atoms with Gasteiger partial charge in [0.05, 0.1) is 16.9 Å². The van der Waals surface area contributed by atoms with Gasteiger partial charge in [0, 0.05) is 36.9 Å². The topological polar surface area (TPSA) is 135 Å². The number of nitrogens with zero attached hydrogens (tertiary/aromatic N) is 3. The van der Waals surface area contributed by atoms with E-state index in [0.717, 1.165) is 0 Å². The van der Waals surface area contributed by atoms with Crippen LogP contribution in [0.1, 0.15) is 19.8 Å². The second-order valence-electron chi connectivity index (χ2n) is 8.72. The van der Waals surface area contributed by atoms with Crippen molar-refractivity contribution in [3.63, 3.8) is 0 Å². The number of likely N-dealkylation sites (tertiary alicyclic amines) is 1. The highest BCUT2D eigenvalue weighted by atomic mass is 35.5. The van der Waals surface area contributed by atoms with Gasteiger partial charge in [-0.15, -0.1) is 0 Å². The van der Waals surface area contributed by atoms with Gasteiger partial charge in [-0.3, -0.25) is 14.3 Å². The summed E-state index contributed by atoms with van der Waals surface area (Å²) in [5.41, 5.74) is 5.27. The van der Waals surface area contributed by atoms with E-state index in [1.165, 1.54) is 42.2 Å². The van der Waals surface area contributed by atoms with Gasteiger partial charge in [0.15, 0.2) is 0 Å². The van der Waals surface area contributed by atoms with Crippen molar-refractivity contribution < 1.29 is 28.2 Å². The van der Waals surface area contributed by atoms with E-state index in [-0.39, 0.29) is 51.6 Å². The molecule has 0 atom stereocenters. The summed E-state index contributed by atoms with van der Waals surface area (Å²) in [6.45, 7) is 2.75. The van der Waals surface area contributed by atoms with Crippen LogP contribution in [0, 0.1) is 0 Å². The first-order valence-corrected chi connectivity index (χ1v) is 11.8. The molecular weight excluding hydrogens is 510 g/mol. The highest BCUT2D eigenvalue weighted by molar-refractivity contribution is 6.31. The summed E-state index contributed by atoms with van der Waals surface area (Å²) < 4.78 is 32.1. The van der Waals surface area contributed by atoms with Crippen molar-refractivity contribution in [3.05, 3.63) is 53.5 Å². The predicted octanol–water partition coefficient (Wildman–Crippen LogP) is 2.69. The van der Waals surface area contributed by atoms with Crippen LogP contribution in [0.5, 0.6) is 5.75 Å². The van der Waals surface area contributed by atoms with Gasteiger partial charge in [-0.05, 0) is 38.0 Å². The van der Waals surface area contributed by atoms with Gasteiger partial charge >= 0.3 is 6.61 Å². The maximum Gasteiger partial charge on any atom is 0.387 e. The molecule has 1 aromatic carbocycles. The molecule has 0 aliphatic carbocycles. The minimum absolute atomic E-state index is 0.0350. The molecule has 1 aromatic heterocycles. The van der Waals surface area contributed by atoms with Crippen molar-refractivity contribution in [1.82, 2.24) is 20.0 Å². The molecule has 0 bridgehead atoms. The number of piperidine rings is 1. The van der Waals surface area contributed by atoms with Crippen LogP contribution >= 0.6 is 11.6 Å². The highest BCUT2D eigenvalue weighted by Crippen LogP contribution is 2.37. The zero-order valence-electron chi connectivity index (χ0n) is 20.4. The van der Waals surface area contributed by atoms with Gasteiger partial charge in [-0.2, -0.15) is 13.9 Å². The summed E-state index contributed by atoms with van der Waals surface area (Å²) in [6.07, 6.45) is 3.52. The Labute approximate surface area is 217 Å². The van der Waals surface area contributed by atoms with Gasteiger partial charge in [0.25, 0.3) is 5.91 Å². The number of hydrogen-bond acceptors (Lipinski definition) is 7. The Morgan fingerprint density at radius 1 is 1.38 bits per heavy atom. The number of benzene rings is 1. The number of carbonyl (C=O) groups is 2. The summed E-state index contributed by atoms with van der Waals surface area (Å²) >= 11 is 6.12. The van der Waals surface area contributed by atoms with Crippen LogP contribution in [0.15, 0.2) is 48.4 Å². The maximum atomic E-state index is 13.1. The van der Waals surface area contributed by atoms with Crippen LogP contribution in [0.3, 0.4) is 0 Å². The first kappa shape index (κ1) is 27.9. The molecule has 37 heavy (non-hydrogen) atoms. The average Bonchev–Trinajstić information content (AvgIpc) is 3.21. The number of amides is 2. The van der Waals surface area contributed by atoms with Crippen molar-refractivity contribution in [2.75, 3.05) is 25.5 Å². The number of nitrogens with one attached hydrogen (secondary N) is 2. The number of ether oxygens (including phenoxy) is 1. The second kappa shape index (κ2) is 11.6. The van der Waals surface area contributed by atoms with Crippen LogP contribution in [-0.2, 0) is 16.1 Å². The Balaban J connectivity index is 1.99. The van der Waals surface area contributed by atoms with E-state index in [2.05, 4.69) is 27.0 Å². The molecule has 0 spiro atoms. The van der Waals surface area contributed by atoms with Gasteiger partial charge in [0.2, 0.25) is 5.91 Å². The molecule has 5 N–H and O–H groups in total. The predicted molar refractivity (Wildman–Crippen MR) is 135 cm³/mol. The summed E-state index contributed by atoms with van der Waals surface area (Å²) in [5, 5.41) is 20.1. The number of hydrogen-bond donors (Lipinski definition) is 4. The maximum absolute atomic E-state index is 13.1. The number of aromatic nitrogens is 2. The van der Waals surface area contributed by atoms with Crippen LogP contribution < -0.4 is 21.1 Å². The van der Waals surface area contributed by atoms with Crippen LogP contribution in [0.25, 0.3) is 11.3 Å². The van der Waals surface area contributed by atoms with Gasteiger partial charge in [0.1, 0.15) is 23.8 Å². The molecule has 2 amide bonds. The molecule has 1 aliphatic heterocycles. The molecule has 13 heteroatoms. The van der Waals surface area contributed by atoms with E-state index in [0.29, 0.717) is 25.9 Å². The van der Waals surface area contributed by atoms with Gasteiger partial charge in [-0.25, -0.2) is 0 Å². The van der Waals surface area contributed by atoms with Crippen LogP contribution in [-0.4, -0.2) is 64.0 Å². The minimum atomic E-state index is -3.12. The van der Waals surface area contributed by atoms with Crippen molar-refractivity contribution in [2.24, 2.45) is 5.73 Å². The monoisotopic (exact) mass is 538 g/mol. The number of rotatable bonds is 9. The fraction of sp³-hybridized carbons (Fsp3) is 0.375. The molecule has 0 unspecified atom stereocenters. The summed E-state index contributed by atoms with van der Waals surface area (Å²) in [7, 11) is 1.53. The molecule has 2 aromatic rings. The molecular formula is C24H29ClF2N6O4. The lowest BCUT2D eigenvalue weighted by Gasteiger charge is -2.35. The Bertz CT molecular complexity index is 1200. The summed E-state index contributed by atoms with van der Waals surface area (Å²) in [5.74, 6) is -1.07. The Hall–Kier alpha value is -3.64. The van der Waals surface area contributed by atoms with Gasteiger partial charge in [-0.1, -0.05) is 24.3 Å². The van der Waals surface area contributed by atoms with Crippen molar-refractivity contribution in [2.45, 2.75) is 38.5 Å². The number of alkyl halides is 2. The molecule has 0 radical (unpaired) electrons. The quantitative estimate of drug-likeness (QED) is 0.285. The summed E-state index contributed by atoms with van der Waals surface area (Å²) in [6, 6.07) is 3.99. The average molecular weight is 539 g/mol. The third-order valence-corrected chi connectivity index (χ3v) is 6.16. The number of aliphatic hydroxyl groups is 1. The largest absolute Gasteiger partial charge is 0.434 e.